The Morgan fingerprint density at radius 2 is 2.16 bits per heavy atom. The first-order valence-corrected chi connectivity index (χ1v) is 8.20. The molecule has 106 valence electrons. The van der Waals surface area contributed by atoms with Crippen LogP contribution in [0.1, 0.15) is 44.9 Å². The Labute approximate surface area is 119 Å². The van der Waals surface area contributed by atoms with Crippen LogP contribution in [-0.2, 0) is 12.8 Å². The third-order valence-corrected chi connectivity index (χ3v) is 5.68. The smallest absolute Gasteiger partial charge is 0.272 e. The number of nitrogen functional groups attached to an aromatic ring is 1. The van der Waals surface area contributed by atoms with Crippen molar-refractivity contribution in [3.05, 3.63) is 21.6 Å². The van der Waals surface area contributed by atoms with Gasteiger partial charge in [0.1, 0.15) is 5.69 Å². The van der Waals surface area contributed by atoms with E-state index >= 15 is 0 Å². The first-order valence-electron chi connectivity index (χ1n) is 6.98. The summed E-state index contributed by atoms with van der Waals surface area (Å²) in [4.78, 5) is 15.8. The molecule has 2 rings (SSSR count). The zero-order valence-corrected chi connectivity index (χ0v) is 13.1. The zero-order chi connectivity index (χ0) is 14.2. The van der Waals surface area contributed by atoms with Gasteiger partial charge in [-0.15, -0.1) is 11.8 Å². The van der Waals surface area contributed by atoms with E-state index in [-0.39, 0.29) is 5.56 Å². The van der Waals surface area contributed by atoms with Crippen molar-refractivity contribution in [3.8, 4) is 0 Å². The minimum absolute atomic E-state index is 0.128. The molecule has 0 amide bonds. The summed E-state index contributed by atoms with van der Waals surface area (Å²) in [7, 11) is 0. The number of hydrogen-bond donors (Lipinski definition) is 2. The quantitative estimate of drug-likeness (QED) is 0.836. The number of thioether (sulfide) groups is 1. The van der Waals surface area contributed by atoms with Crippen molar-refractivity contribution in [3.63, 3.8) is 0 Å². The summed E-state index contributed by atoms with van der Waals surface area (Å²) >= 11 is 1.60. The SMILES string of the molecule is CCC(C)(C)C1CCc2[nH]c(=O)c(N)c(SC)c2C1. The van der Waals surface area contributed by atoms with Crippen molar-refractivity contribution in [2.45, 2.75) is 51.3 Å². The number of pyridine rings is 1. The van der Waals surface area contributed by atoms with Gasteiger partial charge in [-0.2, -0.15) is 0 Å². The van der Waals surface area contributed by atoms with Gasteiger partial charge in [-0.1, -0.05) is 27.2 Å². The van der Waals surface area contributed by atoms with Gasteiger partial charge in [0.2, 0.25) is 0 Å². The van der Waals surface area contributed by atoms with E-state index < -0.39 is 0 Å². The second-order valence-corrected chi connectivity index (χ2v) is 6.96. The lowest BCUT2D eigenvalue weighted by molar-refractivity contribution is 0.181. The first kappa shape index (κ1) is 14.5. The van der Waals surface area contributed by atoms with Gasteiger partial charge in [-0.05, 0) is 42.4 Å². The van der Waals surface area contributed by atoms with Crippen LogP contribution in [-0.4, -0.2) is 11.2 Å². The number of nitrogens with one attached hydrogen (secondary N) is 1. The first-order chi connectivity index (χ1) is 8.90. The summed E-state index contributed by atoms with van der Waals surface area (Å²) < 4.78 is 0. The molecule has 0 aliphatic heterocycles. The van der Waals surface area contributed by atoms with Crippen molar-refractivity contribution in [1.29, 1.82) is 0 Å². The van der Waals surface area contributed by atoms with Crippen LogP contribution >= 0.6 is 11.8 Å². The molecule has 0 saturated carbocycles. The molecule has 3 nitrogen and oxygen atoms in total. The highest BCUT2D eigenvalue weighted by Gasteiger charge is 2.33. The number of aromatic nitrogens is 1. The number of aryl methyl sites for hydroxylation is 1. The normalized spacial score (nSPS) is 19.3. The van der Waals surface area contributed by atoms with Crippen LogP contribution in [0.25, 0.3) is 0 Å². The number of nitrogens with two attached hydrogens (primary N) is 1. The Morgan fingerprint density at radius 3 is 2.74 bits per heavy atom. The number of hydrogen-bond acceptors (Lipinski definition) is 3. The summed E-state index contributed by atoms with van der Waals surface area (Å²) in [5.41, 5.74) is 8.93. The highest BCUT2D eigenvalue weighted by molar-refractivity contribution is 7.98. The van der Waals surface area contributed by atoms with Crippen LogP contribution in [0.5, 0.6) is 0 Å². The van der Waals surface area contributed by atoms with Crippen molar-refractivity contribution in [2.24, 2.45) is 11.3 Å². The fourth-order valence-corrected chi connectivity index (χ4v) is 3.73. The minimum Gasteiger partial charge on any atom is -0.393 e. The molecular weight excluding hydrogens is 256 g/mol. The van der Waals surface area contributed by atoms with E-state index in [1.165, 1.54) is 12.0 Å². The third kappa shape index (κ3) is 2.55. The molecule has 1 aromatic heterocycles. The van der Waals surface area contributed by atoms with E-state index in [0.717, 1.165) is 29.9 Å². The van der Waals surface area contributed by atoms with Crippen LogP contribution in [0.2, 0.25) is 0 Å². The number of rotatable bonds is 3. The molecule has 1 unspecified atom stereocenters. The summed E-state index contributed by atoms with van der Waals surface area (Å²) in [6.07, 6.45) is 6.34. The fraction of sp³-hybridized carbons (Fsp3) is 0.667. The molecular formula is C15H24N2OS. The van der Waals surface area contributed by atoms with Gasteiger partial charge in [0.05, 0.1) is 0 Å². The molecule has 0 aromatic carbocycles. The van der Waals surface area contributed by atoms with Gasteiger partial charge < -0.3 is 10.7 Å². The lowest BCUT2D eigenvalue weighted by Gasteiger charge is -2.37. The van der Waals surface area contributed by atoms with Gasteiger partial charge >= 0.3 is 0 Å². The molecule has 1 aliphatic rings. The predicted molar refractivity (Wildman–Crippen MR) is 82.8 cm³/mol. The lowest BCUT2D eigenvalue weighted by Crippen LogP contribution is -2.31. The minimum atomic E-state index is -0.128. The van der Waals surface area contributed by atoms with Crippen LogP contribution in [0.15, 0.2) is 9.69 Å². The van der Waals surface area contributed by atoms with Crippen molar-refractivity contribution in [1.82, 2.24) is 4.98 Å². The summed E-state index contributed by atoms with van der Waals surface area (Å²) in [6.45, 7) is 6.94. The number of fused-ring (bicyclic) bond motifs is 1. The van der Waals surface area contributed by atoms with E-state index in [1.807, 2.05) is 6.26 Å². The van der Waals surface area contributed by atoms with Crippen LogP contribution in [0.4, 0.5) is 5.69 Å². The maximum Gasteiger partial charge on any atom is 0.272 e. The van der Waals surface area contributed by atoms with Gasteiger partial charge in [0, 0.05) is 10.6 Å². The molecule has 3 N–H and O–H groups in total. The predicted octanol–water partition coefficient (Wildman–Crippen LogP) is 3.22. The second-order valence-electron chi connectivity index (χ2n) is 6.14. The number of H-pyrrole nitrogens is 1. The molecule has 1 aromatic rings. The van der Waals surface area contributed by atoms with Crippen molar-refractivity contribution >= 4 is 17.4 Å². The largest absolute Gasteiger partial charge is 0.393 e. The number of aromatic amines is 1. The second kappa shape index (κ2) is 5.23. The van der Waals surface area contributed by atoms with Crippen molar-refractivity contribution in [2.75, 3.05) is 12.0 Å². The molecule has 0 radical (unpaired) electrons. The molecule has 19 heavy (non-hydrogen) atoms. The van der Waals surface area contributed by atoms with E-state index in [4.69, 9.17) is 5.73 Å². The summed E-state index contributed by atoms with van der Waals surface area (Å²) in [6, 6.07) is 0. The maximum absolute atomic E-state index is 11.8. The van der Waals surface area contributed by atoms with E-state index in [9.17, 15) is 4.79 Å². The van der Waals surface area contributed by atoms with Gasteiger partial charge in [-0.25, -0.2) is 0 Å². The van der Waals surface area contributed by atoms with Gasteiger partial charge in [-0.3, -0.25) is 4.79 Å². The number of anilines is 1. The molecule has 1 heterocycles. The van der Waals surface area contributed by atoms with E-state index in [0.29, 0.717) is 17.0 Å². The topological polar surface area (TPSA) is 58.9 Å². The molecule has 0 fully saturated rings. The van der Waals surface area contributed by atoms with Crippen LogP contribution in [0, 0.1) is 11.3 Å². The van der Waals surface area contributed by atoms with E-state index in [2.05, 4.69) is 25.8 Å². The highest BCUT2D eigenvalue weighted by Crippen LogP contribution is 2.42. The Bertz CT molecular complexity index is 534. The maximum atomic E-state index is 11.8. The fourth-order valence-electron chi connectivity index (χ4n) is 2.97. The summed E-state index contributed by atoms with van der Waals surface area (Å²) in [5.74, 6) is 0.668. The lowest BCUT2D eigenvalue weighted by atomic mass is 9.69. The highest BCUT2D eigenvalue weighted by atomic mass is 32.2. The zero-order valence-electron chi connectivity index (χ0n) is 12.3. The summed E-state index contributed by atoms with van der Waals surface area (Å²) in [5, 5.41) is 0. The Balaban J connectivity index is 2.45. The third-order valence-electron chi connectivity index (χ3n) is 4.81. The molecule has 0 spiro atoms. The van der Waals surface area contributed by atoms with Crippen LogP contribution in [0.3, 0.4) is 0 Å². The van der Waals surface area contributed by atoms with Crippen LogP contribution < -0.4 is 11.3 Å². The monoisotopic (exact) mass is 280 g/mol. The molecule has 1 atom stereocenters. The molecule has 0 bridgehead atoms. The molecule has 0 saturated heterocycles. The standard InChI is InChI=1S/C15H24N2OS/c1-5-15(2,3)9-6-7-11-10(8-9)13(19-4)12(16)14(18)17-11/h9H,5-8,16H2,1-4H3,(H,17,18). The Hall–Kier alpha value is -0.900. The van der Waals surface area contributed by atoms with Gasteiger partial charge in [0.15, 0.2) is 0 Å². The average molecular weight is 280 g/mol. The average Bonchev–Trinajstić information content (AvgIpc) is 2.40. The van der Waals surface area contributed by atoms with Crippen molar-refractivity contribution < 1.29 is 0 Å². The molecule has 1 aliphatic carbocycles. The Kier molecular flexibility index (Phi) is 4.00. The molecule has 4 heteroatoms. The van der Waals surface area contributed by atoms with E-state index in [1.54, 1.807) is 11.8 Å². The Morgan fingerprint density at radius 1 is 1.47 bits per heavy atom. The van der Waals surface area contributed by atoms with Gasteiger partial charge in [0.25, 0.3) is 5.56 Å².